The molecule has 0 atom stereocenters. The van der Waals surface area contributed by atoms with E-state index in [1.807, 2.05) is 43.3 Å². The van der Waals surface area contributed by atoms with Gasteiger partial charge < -0.3 is 25.4 Å². The number of para-hydroxylation sites is 1. The Kier molecular flexibility index (Phi) is 11.1. The van der Waals surface area contributed by atoms with E-state index in [1.165, 1.54) is 0 Å². The van der Waals surface area contributed by atoms with Crippen molar-refractivity contribution in [3.63, 3.8) is 0 Å². The fraction of sp³-hybridized carbons (Fsp3) is 0.350. The summed E-state index contributed by atoms with van der Waals surface area (Å²) < 4.78 is 10.9. The van der Waals surface area contributed by atoms with Crippen LogP contribution >= 0.6 is 24.0 Å². The van der Waals surface area contributed by atoms with Crippen LogP contribution in [0.25, 0.3) is 0 Å². The van der Waals surface area contributed by atoms with Gasteiger partial charge >= 0.3 is 0 Å². The molecule has 0 aliphatic heterocycles. The van der Waals surface area contributed by atoms with Crippen molar-refractivity contribution in [1.29, 1.82) is 0 Å². The molecule has 0 aliphatic carbocycles. The molecule has 0 heterocycles. The first kappa shape index (κ1) is 22.9. The van der Waals surface area contributed by atoms with Crippen LogP contribution in [-0.2, 0) is 0 Å². The average molecular weight is 484 g/mol. The molecule has 0 amide bonds. The molecule has 0 fully saturated rings. The zero-order valence-corrected chi connectivity index (χ0v) is 18.4. The van der Waals surface area contributed by atoms with Crippen LogP contribution in [0.1, 0.15) is 13.3 Å². The summed E-state index contributed by atoms with van der Waals surface area (Å²) in [4.78, 5) is 4.26. The molecule has 2 aromatic rings. The van der Waals surface area contributed by atoms with Crippen LogP contribution < -0.4 is 25.4 Å². The minimum atomic E-state index is 0. The number of aliphatic imine (C=N–C) groups is 1. The smallest absolute Gasteiger partial charge is 0.195 e. The predicted octanol–water partition coefficient (Wildman–Crippen LogP) is 4.20. The van der Waals surface area contributed by atoms with Crippen LogP contribution in [0.5, 0.6) is 11.5 Å². The molecule has 0 aromatic heterocycles. The van der Waals surface area contributed by atoms with Crippen molar-refractivity contribution < 1.29 is 9.47 Å². The van der Waals surface area contributed by atoms with Crippen LogP contribution in [-0.4, -0.2) is 39.8 Å². The number of anilines is 2. The minimum Gasteiger partial charge on any atom is -0.493 e. The van der Waals surface area contributed by atoms with Crippen molar-refractivity contribution in [1.82, 2.24) is 5.32 Å². The summed E-state index contributed by atoms with van der Waals surface area (Å²) in [5, 5.41) is 9.97. The van der Waals surface area contributed by atoms with E-state index in [-0.39, 0.29) is 24.0 Å². The van der Waals surface area contributed by atoms with Gasteiger partial charge in [-0.15, -0.1) is 24.0 Å². The highest BCUT2D eigenvalue weighted by Crippen LogP contribution is 2.30. The van der Waals surface area contributed by atoms with E-state index in [4.69, 9.17) is 9.47 Å². The summed E-state index contributed by atoms with van der Waals surface area (Å²) in [6, 6.07) is 15.9. The number of nitrogens with zero attached hydrogens (tertiary/aromatic N) is 1. The van der Waals surface area contributed by atoms with Gasteiger partial charge in [0, 0.05) is 37.6 Å². The van der Waals surface area contributed by atoms with E-state index >= 15 is 0 Å². The molecule has 0 saturated carbocycles. The number of guanidine groups is 1. The summed E-state index contributed by atoms with van der Waals surface area (Å²) in [6.45, 7) is 4.24. The second-order valence-electron chi connectivity index (χ2n) is 5.57. The SMILES string of the molecule is CCOc1cc(NC(=NC)NCCCNc2ccccc2)ccc1OC.I. The minimum absolute atomic E-state index is 0. The lowest BCUT2D eigenvalue weighted by Gasteiger charge is -2.15. The summed E-state index contributed by atoms with van der Waals surface area (Å²) in [6.07, 6.45) is 0.975. The van der Waals surface area contributed by atoms with E-state index in [0.29, 0.717) is 18.1 Å². The third kappa shape index (κ3) is 7.94. The van der Waals surface area contributed by atoms with Crippen molar-refractivity contribution >= 4 is 41.3 Å². The molecule has 2 rings (SSSR count). The number of nitrogens with one attached hydrogen (secondary N) is 3. The summed E-state index contributed by atoms with van der Waals surface area (Å²) >= 11 is 0. The number of benzene rings is 2. The number of hydrogen-bond acceptors (Lipinski definition) is 4. The Balaban J connectivity index is 0.00000364. The van der Waals surface area contributed by atoms with Gasteiger partial charge in [-0.2, -0.15) is 0 Å². The highest BCUT2D eigenvalue weighted by atomic mass is 127. The maximum absolute atomic E-state index is 5.61. The van der Waals surface area contributed by atoms with Crippen molar-refractivity contribution in [2.75, 3.05) is 44.5 Å². The zero-order chi connectivity index (χ0) is 18.6. The van der Waals surface area contributed by atoms with Crippen LogP contribution in [0.2, 0.25) is 0 Å². The molecule has 148 valence electrons. The lowest BCUT2D eigenvalue weighted by atomic mass is 10.2. The number of halogens is 1. The third-order valence-corrected chi connectivity index (χ3v) is 3.70. The predicted molar refractivity (Wildman–Crippen MR) is 124 cm³/mol. The van der Waals surface area contributed by atoms with E-state index in [9.17, 15) is 0 Å². The first-order valence-electron chi connectivity index (χ1n) is 8.84. The second kappa shape index (κ2) is 13.1. The number of hydrogen-bond donors (Lipinski definition) is 3. The summed E-state index contributed by atoms with van der Waals surface area (Å²) in [5.41, 5.74) is 2.03. The summed E-state index contributed by atoms with van der Waals surface area (Å²) in [7, 11) is 3.39. The molecule has 6 nitrogen and oxygen atoms in total. The van der Waals surface area contributed by atoms with Crippen LogP contribution in [0.3, 0.4) is 0 Å². The van der Waals surface area contributed by atoms with Gasteiger partial charge in [-0.05, 0) is 37.6 Å². The second-order valence-corrected chi connectivity index (χ2v) is 5.57. The van der Waals surface area contributed by atoms with Gasteiger partial charge in [0.1, 0.15) is 0 Å². The Morgan fingerprint density at radius 2 is 1.78 bits per heavy atom. The van der Waals surface area contributed by atoms with Crippen LogP contribution in [0.4, 0.5) is 11.4 Å². The third-order valence-electron chi connectivity index (χ3n) is 3.70. The summed E-state index contributed by atoms with van der Waals surface area (Å²) in [5.74, 6) is 2.15. The van der Waals surface area contributed by atoms with E-state index in [1.54, 1.807) is 14.2 Å². The highest BCUT2D eigenvalue weighted by Gasteiger charge is 2.06. The van der Waals surface area contributed by atoms with Gasteiger partial charge in [-0.1, -0.05) is 18.2 Å². The van der Waals surface area contributed by atoms with Gasteiger partial charge in [0.2, 0.25) is 0 Å². The molecule has 2 aromatic carbocycles. The van der Waals surface area contributed by atoms with Gasteiger partial charge in [-0.25, -0.2) is 0 Å². The number of ether oxygens (including phenoxy) is 2. The molecule has 0 bridgehead atoms. The Hall–Kier alpha value is -2.16. The molecule has 0 aliphatic rings. The average Bonchev–Trinajstić information content (AvgIpc) is 2.68. The lowest BCUT2D eigenvalue weighted by Crippen LogP contribution is -2.32. The number of methoxy groups -OCH3 is 1. The van der Waals surface area contributed by atoms with Crippen molar-refractivity contribution in [3.05, 3.63) is 48.5 Å². The van der Waals surface area contributed by atoms with Crippen molar-refractivity contribution in [2.24, 2.45) is 4.99 Å². The molecule has 3 N–H and O–H groups in total. The Bertz CT molecular complexity index is 696. The molecule has 27 heavy (non-hydrogen) atoms. The lowest BCUT2D eigenvalue weighted by molar-refractivity contribution is 0.311. The Labute approximate surface area is 178 Å². The monoisotopic (exact) mass is 484 g/mol. The fourth-order valence-corrected chi connectivity index (χ4v) is 2.42. The van der Waals surface area contributed by atoms with Gasteiger partial charge in [-0.3, -0.25) is 4.99 Å². The molecule has 0 spiro atoms. The van der Waals surface area contributed by atoms with Crippen LogP contribution in [0, 0.1) is 0 Å². The first-order valence-corrected chi connectivity index (χ1v) is 8.84. The molecule has 0 radical (unpaired) electrons. The number of rotatable bonds is 9. The maximum Gasteiger partial charge on any atom is 0.195 e. The molecular formula is C20H29IN4O2. The van der Waals surface area contributed by atoms with Gasteiger partial charge in [0.15, 0.2) is 17.5 Å². The molecule has 0 unspecified atom stereocenters. The van der Waals surface area contributed by atoms with Gasteiger partial charge in [0.25, 0.3) is 0 Å². The van der Waals surface area contributed by atoms with E-state index in [2.05, 4.69) is 33.1 Å². The first-order chi connectivity index (χ1) is 12.8. The molecule has 0 saturated heterocycles. The van der Waals surface area contributed by atoms with Crippen LogP contribution in [0.15, 0.2) is 53.5 Å². The largest absolute Gasteiger partial charge is 0.493 e. The Morgan fingerprint density at radius 3 is 2.44 bits per heavy atom. The standard InChI is InChI=1S/C20H28N4O2.HI/c1-4-26-19-15-17(11-12-18(19)25-3)24-20(21-2)23-14-8-13-22-16-9-6-5-7-10-16;/h5-7,9-12,15,22H,4,8,13-14H2,1-3H3,(H2,21,23,24);1H. The zero-order valence-electron chi connectivity index (χ0n) is 16.1. The quantitative estimate of drug-likeness (QED) is 0.216. The molecule has 7 heteroatoms. The Morgan fingerprint density at radius 1 is 1.00 bits per heavy atom. The van der Waals surface area contributed by atoms with E-state index in [0.717, 1.165) is 36.8 Å². The van der Waals surface area contributed by atoms with Crippen molar-refractivity contribution in [3.8, 4) is 11.5 Å². The fourth-order valence-electron chi connectivity index (χ4n) is 2.42. The maximum atomic E-state index is 5.61. The topological polar surface area (TPSA) is 66.9 Å². The van der Waals surface area contributed by atoms with E-state index < -0.39 is 0 Å². The van der Waals surface area contributed by atoms with Crippen molar-refractivity contribution in [2.45, 2.75) is 13.3 Å². The molecular weight excluding hydrogens is 455 g/mol. The normalized spacial score (nSPS) is 10.6. The van der Waals surface area contributed by atoms with Gasteiger partial charge in [0.05, 0.1) is 13.7 Å². The highest BCUT2D eigenvalue weighted by molar-refractivity contribution is 14.0.